The molecule has 4 heteroatoms. The molecular weight excluding hydrogens is 296 g/mol. The summed E-state index contributed by atoms with van der Waals surface area (Å²) in [6, 6.07) is 3.18. The summed E-state index contributed by atoms with van der Waals surface area (Å²) in [6.45, 7) is 1.77. The van der Waals surface area contributed by atoms with E-state index in [4.69, 9.17) is 11.6 Å². The molecule has 1 aromatic carbocycles. The number of hydrogen-bond acceptors (Lipinski definition) is 0. The maximum Gasteiger partial charge on any atom is 0.265 e. The molecule has 0 amide bonds. The molecule has 0 saturated heterocycles. The zero-order chi connectivity index (χ0) is 9.30. The summed E-state index contributed by atoms with van der Waals surface area (Å²) in [7, 11) is 0. The Balaban J connectivity index is 3.28. The van der Waals surface area contributed by atoms with Crippen LogP contribution in [0.3, 0.4) is 0 Å². The fourth-order valence-electron chi connectivity index (χ4n) is 0.910. The second kappa shape index (κ2) is 3.87. The number of alkyl halides is 2. The summed E-state index contributed by atoms with van der Waals surface area (Å²) in [6.07, 6.45) is -2.49. The summed E-state index contributed by atoms with van der Waals surface area (Å²) in [5.74, 6) is 0. The molecular formula is C8H6ClF2I. The molecule has 12 heavy (non-hydrogen) atoms. The third kappa shape index (κ3) is 2.07. The van der Waals surface area contributed by atoms with Gasteiger partial charge in [-0.05, 0) is 47.2 Å². The van der Waals surface area contributed by atoms with Crippen LogP contribution in [0.25, 0.3) is 0 Å². The summed E-state index contributed by atoms with van der Waals surface area (Å²) >= 11 is 7.62. The van der Waals surface area contributed by atoms with Crippen LogP contribution >= 0.6 is 34.2 Å². The van der Waals surface area contributed by atoms with Crippen molar-refractivity contribution in [3.05, 3.63) is 31.9 Å². The zero-order valence-corrected chi connectivity index (χ0v) is 9.16. The number of halogens is 4. The van der Waals surface area contributed by atoms with Crippen LogP contribution < -0.4 is 0 Å². The van der Waals surface area contributed by atoms with Crippen LogP contribution in [-0.4, -0.2) is 0 Å². The summed E-state index contributed by atoms with van der Waals surface area (Å²) in [4.78, 5) is 0. The molecule has 0 atom stereocenters. The molecule has 1 aromatic rings. The Morgan fingerprint density at radius 1 is 1.42 bits per heavy atom. The van der Waals surface area contributed by atoms with Gasteiger partial charge in [-0.3, -0.25) is 0 Å². The molecule has 0 bridgehead atoms. The van der Waals surface area contributed by atoms with Crippen LogP contribution in [0, 0.1) is 10.5 Å². The highest BCUT2D eigenvalue weighted by Crippen LogP contribution is 2.31. The summed E-state index contributed by atoms with van der Waals surface area (Å²) < 4.78 is 25.3. The Kier molecular flexibility index (Phi) is 3.29. The van der Waals surface area contributed by atoms with Gasteiger partial charge < -0.3 is 0 Å². The number of hydrogen-bond donors (Lipinski definition) is 0. The highest BCUT2D eigenvalue weighted by molar-refractivity contribution is 14.1. The van der Waals surface area contributed by atoms with E-state index in [1.165, 1.54) is 6.07 Å². The maximum absolute atomic E-state index is 12.3. The first-order valence-electron chi connectivity index (χ1n) is 3.26. The van der Waals surface area contributed by atoms with Gasteiger partial charge in [-0.1, -0.05) is 11.6 Å². The number of rotatable bonds is 1. The van der Waals surface area contributed by atoms with Gasteiger partial charge >= 0.3 is 0 Å². The SMILES string of the molecule is Cc1cc(I)c(Cl)c(C(F)F)c1. The minimum absolute atomic E-state index is 0.0823. The van der Waals surface area contributed by atoms with Crippen LogP contribution in [0.15, 0.2) is 12.1 Å². The molecule has 0 radical (unpaired) electrons. The topological polar surface area (TPSA) is 0 Å². The minimum atomic E-state index is -2.49. The standard InChI is InChI=1S/C8H6ClF2I/c1-4-2-5(8(10)11)7(9)6(12)3-4/h2-3,8H,1H3. The third-order valence-corrected chi connectivity index (χ3v) is 3.03. The van der Waals surface area contributed by atoms with Gasteiger partial charge in [0.05, 0.1) is 5.02 Å². The molecule has 0 aliphatic rings. The minimum Gasteiger partial charge on any atom is -0.205 e. The van der Waals surface area contributed by atoms with Crippen molar-refractivity contribution in [3.8, 4) is 0 Å². The van der Waals surface area contributed by atoms with E-state index in [0.717, 1.165) is 5.56 Å². The van der Waals surface area contributed by atoms with Crippen molar-refractivity contribution in [2.45, 2.75) is 13.3 Å². The third-order valence-electron chi connectivity index (χ3n) is 1.44. The van der Waals surface area contributed by atoms with Crippen molar-refractivity contribution < 1.29 is 8.78 Å². The first kappa shape index (κ1) is 10.2. The predicted molar refractivity (Wildman–Crippen MR) is 53.9 cm³/mol. The lowest BCUT2D eigenvalue weighted by atomic mass is 10.1. The van der Waals surface area contributed by atoms with Gasteiger partial charge in [-0.15, -0.1) is 0 Å². The Morgan fingerprint density at radius 2 is 2.00 bits per heavy atom. The Hall–Kier alpha value is 0.1000. The van der Waals surface area contributed by atoms with Crippen molar-refractivity contribution >= 4 is 34.2 Å². The lowest BCUT2D eigenvalue weighted by molar-refractivity contribution is 0.151. The Labute approximate surface area is 88.1 Å². The van der Waals surface area contributed by atoms with E-state index in [1.54, 1.807) is 13.0 Å². The molecule has 0 aliphatic carbocycles. The summed E-state index contributed by atoms with van der Waals surface area (Å²) in [5.41, 5.74) is 0.722. The van der Waals surface area contributed by atoms with Gasteiger partial charge in [0, 0.05) is 9.13 Å². The van der Waals surface area contributed by atoms with Crippen LogP contribution in [0.1, 0.15) is 17.6 Å². The van der Waals surface area contributed by atoms with E-state index in [1.807, 2.05) is 22.6 Å². The molecule has 1 rings (SSSR count). The molecule has 66 valence electrons. The normalized spacial score (nSPS) is 10.8. The fourth-order valence-corrected chi connectivity index (χ4v) is 1.90. The first-order chi connectivity index (χ1) is 5.52. The van der Waals surface area contributed by atoms with Crippen LogP contribution in [0.2, 0.25) is 5.02 Å². The van der Waals surface area contributed by atoms with E-state index in [0.29, 0.717) is 3.57 Å². The largest absolute Gasteiger partial charge is 0.265 e. The molecule has 0 aromatic heterocycles. The Bertz CT molecular complexity index is 299. The van der Waals surface area contributed by atoms with Crippen molar-refractivity contribution in [2.75, 3.05) is 0 Å². The average molecular weight is 302 g/mol. The Morgan fingerprint density at radius 3 is 2.50 bits per heavy atom. The molecule has 0 nitrogen and oxygen atoms in total. The van der Waals surface area contributed by atoms with Crippen LogP contribution in [-0.2, 0) is 0 Å². The number of benzene rings is 1. The van der Waals surface area contributed by atoms with Crippen molar-refractivity contribution in [1.82, 2.24) is 0 Å². The molecule has 0 saturated carbocycles. The zero-order valence-electron chi connectivity index (χ0n) is 6.24. The van der Waals surface area contributed by atoms with Gasteiger partial charge in [0.25, 0.3) is 6.43 Å². The second-order valence-corrected chi connectivity index (χ2v) is 3.99. The highest BCUT2D eigenvalue weighted by Gasteiger charge is 2.14. The number of aryl methyl sites for hydroxylation is 1. The molecule has 0 spiro atoms. The van der Waals surface area contributed by atoms with Gasteiger partial charge in [-0.25, -0.2) is 8.78 Å². The van der Waals surface area contributed by atoms with Crippen molar-refractivity contribution in [2.24, 2.45) is 0 Å². The summed E-state index contributed by atoms with van der Waals surface area (Å²) in [5, 5.41) is 0.163. The van der Waals surface area contributed by atoms with Crippen LogP contribution in [0.4, 0.5) is 8.78 Å². The lowest BCUT2D eigenvalue weighted by Gasteiger charge is -2.05. The van der Waals surface area contributed by atoms with E-state index in [2.05, 4.69) is 0 Å². The molecule has 0 N–H and O–H groups in total. The highest BCUT2D eigenvalue weighted by atomic mass is 127. The monoisotopic (exact) mass is 302 g/mol. The smallest absolute Gasteiger partial charge is 0.205 e. The van der Waals surface area contributed by atoms with Gasteiger partial charge in [0.15, 0.2) is 0 Å². The lowest BCUT2D eigenvalue weighted by Crippen LogP contribution is -1.90. The van der Waals surface area contributed by atoms with Gasteiger partial charge in [0.1, 0.15) is 0 Å². The first-order valence-corrected chi connectivity index (χ1v) is 4.71. The van der Waals surface area contributed by atoms with Gasteiger partial charge in [-0.2, -0.15) is 0 Å². The molecule has 0 heterocycles. The van der Waals surface area contributed by atoms with Crippen molar-refractivity contribution in [1.29, 1.82) is 0 Å². The predicted octanol–water partition coefficient (Wildman–Crippen LogP) is 4.19. The van der Waals surface area contributed by atoms with E-state index in [9.17, 15) is 8.78 Å². The molecule has 0 aliphatic heterocycles. The second-order valence-electron chi connectivity index (χ2n) is 2.45. The fraction of sp³-hybridized carbons (Fsp3) is 0.250. The van der Waals surface area contributed by atoms with E-state index < -0.39 is 6.43 Å². The average Bonchev–Trinajstić information content (AvgIpc) is 1.96. The van der Waals surface area contributed by atoms with E-state index in [-0.39, 0.29) is 10.6 Å². The molecule has 0 unspecified atom stereocenters. The maximum atomic E-state index is 12.3. The molecule has 0 fully saturated rings. The van der Waals surface area contributed by atoms with Crippen LogP contribution in [0.5, 0.6) is 0 Å². The van der Waals surface area contributed by atoms with Gasteiger partial charge in [0.2, 0.25) is 0 Å². The van der Waals surface area contributed by atoms with Crippen molar-refractivity contribution in [3.63, 3.8) is 0 Å². The quantitative estimate of drug-likeness (QED) is 0.682. The van der Waals surface area contributed by atoms with E-state index >= 15 is 0 Å².